The molecule has 0 bridgehead atoms. The minimum absolute atomic E-state index is 0.134. The summed E-state index contributed by atoms with van der Waals surface area (Å²) in [6, 6.07) is 2.01. The standard InChI is InChI=1S/C13H14ClFN2O4/c1-13(12(18)19)2-4-16(5-3-13)10-7-9(15)8(14)6-11(10)17(20)21/h6-7H,2-5H2,1H3,(H,18,19). The molecule has 0 amide bonds. The Morgan fingerprint density at radius 2 is 2.05 bits per heavy atom. The van der Waals surface area contributed by atoms with Crippen LogP contribution in [0.4, 0.5) is 15.8 Å². The van der Waals surface area contributed by atoms with Crippen molar-refractivity contribution in [1.29, 1.82) is 0 Å². The fourth-order valence-electron chi connectivity index (χ4n) is 2.38. The van der Waals surface area contributed by atoms with E-state index >= 15 is 0 Å². The molecule has 0 saturated carbocycles. The van der Waals surface area contributed by atoms with Crippen molar-refractivity contribution >= 4 is 28.9 Å². The summed E-state index contributed by atoms with van der Waals surface area (Å²) >= 11 is 5.58. The third-order valence-electron chi connectivity index (χ3n) is 3.94. The van der Waals surface area contributed by atoms with Gasteiger partial charge in [-0.05, 0) is 19.8 Å². The monoisotopic (exact) mass is 316 g/mol. The van der Waals surface area contributed by atoms with E-state index < -0.39 is 22.1 Å². The van der Waals surface area contributed by atoms with E-state index in [0.29, 0.717) is 25.9 Å². The van der Waals surface area contributed by atoms with Gasteiger partial charge in [0.2, 0.25) is 0 Å². The molecule has 0 aliphatic carbocycles. The molecule has 1 N–H and O–H groups in total. The SMILES string of the molecule is CC1(C(=O)O)CCN(c2cc(F)c(Cl)cc2[N+](=O)[O-])CC1. The third-order valence-corrected chi connectivity index (χ3v) is 4.23. The van der Waals surface area contributed by atoms with Crippen molar-refractivity contribution in [3.63, 3.8) is 0 Å². The molecule has 0 aromatic heterocycles. The van der Waals surface area contributed by atoms with E-state index in [-0.39, 0.29) is 16.4 Å². The van der Waals surface area contributed by atoms with Crippen LogP contribution in [-0.2, 0) is 4.79 Å². The van der Waals surface area contributed by atoms with Crippen LogP contribution < -0.4 is 4.90 Å². The summed E-state index contributed by atoms with van der Waals surface area (Å²) < 4.78 is 13.6. The van der Waals surface area contributed by atoms with Crippen molar-refractivity contribution in [2.45, 2.75) is 19.8 Å². The first kappa shape index (κ1) is 15.5. The molecule has 2 rings (SSSR count). The largest absolute Gasteiger partial charge is 0.481 e. The quantitative estimate of drug-likeness (QED) is 0.684. The molecule has 1 saturated heterocycles. The Bertz CT molecular complexity index is 600. The fourth-order valence-corrected chi connectivity index (χ4v) is 2.54. The highest BCUT2D eigenvalue weighted by Crippen LogP contribution is 2.38. The van der Waals surface area contributed by atoms with Crippen molar-refractivity contribution < 1.29 is 19.2 Å². The lowest BCUT2D eigenvalue weighted by Gasteiger charge is -2.37. The van der Waals surface area contributed by atoms with Crippen LogP contribution in [0, 0.1) is 21.3 Å². The summed E-state index contributed by atoms with van der Waals surface area (Å²) in [6.07, 6.45) is 0.674. The molecule has 0 atom stereocenters. The maximum absolute atomic E-state index is 13.6. The zero-order valence-corrected chi connectivity index (χ0v) is 12.1. The molecule has 21 heavy (non-hydrogen) atoms. The number of nitro benzene ring substituents is 1. The van der Waals surface area contributed by atoms with E-state index in [0.717, 1.165) is 12.1 Å². The van der Waals surface area contributed by atoms with Gasteiger partial charge in [0.1, 0.15) is 11.5 Å². The molecule has 6 nitrogen and oxygen atoms in total. The van der Waals surface area contributed by atoms with Crippen LogP contribution in [0.3, 0.4) is 0 Å². The van der Waals surface area contributed by atoms with Gasteiger partial charge in [-0.1, -0.05) is 11.6 Å². The summed E-state index contributed by atoms with van der Waals surface area (Å²) in [6.45, 7) is 2.26. The molecular weight excluding hydrogens is 303 g/mol. The zero-order valence-electron chi connectivity index (χ0n) is 11.3. The van der Waals surface area contributed by atoms with Crippen LogP contribution >= 0.6 is 11.6 Å². The second kappa shape index (κ2) is 5.48. The van der Waals surface area contributed by atoms with Gasteiger partial charge in [0.25, 0.3) is 5.69 Å². The lowest BCUT2D eigenvalue weighted by Crippen LogP contribution is -2.42. The van der Waals surface area contributed by atoms with E-state index in [1.165, 1.54) is 0 Å². The number of benzene rings is 1. The van der Waals surface area contributed by atoms with E-state index in [1.54, 1.807) is 11.8 Å². The second-order valence-electron chi connectivity index (χ2n) is 5.37. The molecule has 0 spiro atoms. The Morgan fingerprint density at radius 3 is 2.52 bits per heavy atom. The predicted octanol–water partition coefficient (Wildman–Crippen LogP) is 3.08. The summed E-state index contributed by atoms with van der Waals surface area (Å²) in [5.74, 6) is -1.62. The van der Waals surface area contributed by atoms with Crippen LogP contribution in [0.1, 0.15) is 19.8 Å². The van der Waals surface area contributed by atoms with E-state index in [9.17, 15) is 24.4 Å². The lowest BCUT2D eigenvalue weighted by molar-refractivity contribution is -0.384. The van der Waals surface area contributed by atoms with Gasteiger partial charge in [-0.3, -0.25) is 14.9 Å². The van der Waals surface area contributed by atoms with Gasteiger partial charge in [0.05, 0.1) is 15.4 Å². The number of hydrogen-bond acceptors (Lipinski definition) is 4. The van der Waals surface area contributed by atoms with Crippen molar-refractivity contribution in [2.24, 2.45) is 5.41 Å². The Hall–Kier alpha value is -1.89. The number of nitrogens with zero attached hydrogens (tertiary/aromatic N) is 2. The van der Waals surface area contributed by atoms with Gasteiger partial charge >= 0.3 is 5.97 Å². The molecule has 8 heteroatoms. The molecular formula is C13H14ClFN2O4. The Labute approximate surface area is 125 Å². The Kier molecular flexibility index (Phi) is 4.04. The minimum Gasteiger partial charge on any atom is -0.481 e. The maximum atomic E-state index is 13.6. The van der Waals surface area contributed by atoms with Gasteiger partial charge in [-0.2, -0.15) is 0 Å². The van der Waals surface area contributed by atoms with Crippen LogP contribution in [0.15, 0.2) is 12.1 Å². The van der Waals surface area contributed by atoms with Crippen molar-refractivity contribution in [3.8, 4) is 0 Å². The predicted molar refractivity (Wildman–Crippen MR) is 75.3 cm³/mol. The summed E-state index contributed by atoms with van der Waals surface area (Å²) in [7, 11) is 0. The van der Waals surface area contributed by atoms with Crippen LogP contribution in [-0.4, -0.2) is 29.1 Å². The molecule has 1 aromatic carbocycles. The number of halogens is 2. The van der Waals surface area contributed by atoms with E-state index in [1.807, 2.05) is 0 Å². The first-order chi connectivity index (χ1) is 9.74. The van der Waals surface area contributed by atoms with Gasteiger partial charge in [0, 0.05) is 25.2 Å². The van der Waals surface area contributed by atoms with Gasteiger partial charge in [-0.25, -0.2) is 4.39 Å². The van der Waals surface area contributed by atoms with Crippen molar-refractivity contribution in [2.75, 3.05) is 18.0 Å². The average Bonchev–Trinajstić information content (AvgIpc) is 2.42. The third kappa shape index (κ3) is 2.92. The van der Waals surface area contributed by atoms with Crippen LogP contribution in [0.2, 0.25) is 5.02 Å². The number of aliphatic carboxylic acids is 1. The number of carbonyl (C=O) groups is 1. The van der Waals surface area contributed by atoms with E-state index in [4.69, 9.17) is 11.6 Å². The summed E-state index contributed by atoms with van der Waals surface area (Å²) in [5, 5.41) is 19.9. The molecule has 0 radical (unpaired) electrons. The molecule has 114 valence electrons. The summed E-state index contributed by atoms with van der Waals surface area (Å²) in [5.41, 5.74) is -0.995. The summed E-state index contributed by atoms with van der Waals surface area (Å²) in [4.78, 5) is 23.3. The highest BCUT2D eigenvalue weighted by atomic mass is 35.5. The number of nitro groups is 1. The number of anilines is 1. The van der Waals surface area contributed by atoms with E-state index in [2.05, 4.69) is 0 Å². The topological polar surface area (TPSA) is 83.7 Å². The van der Waals surface area contributed by atoms with Crippen LogP contribution in [0.25, 0.3) is 0 Å². The number of hydrogen-bond donors (Lipinski definition) is 1. The van der Waals surface area contributed by atoms with Gasteiger partial charge in [-0.15, -0.1) is 0 Å². The van der Waals surface area contributed by atoms with Crippen molar-refractivity contribution in [3.05, 3.63) is 33.1 Å². The van der Waals surface area contributed by atoms with Gasteiger partial charge in [0.15, 0.2) is 0 Å². The first-order valence-electron chi connectivity index (χ1n) is 6.36. The molecule has 1 aromatic rings. The number of piperidine rings is 1. The Morgan fingerprint density at radius 1 is 1.48 bits per heavy atom. The normalized spacial score (nSPS) is 17.6. The molecule has 1 heterocycles. The molecule has 1 aliphatic rings. The second-order valence-corrected chi connectivity index (χ2v) is 5.77. The van der Waals surface area contributed by atoms with Gasteiger partial charge < -0.3 is 10.0 Å². The highest BCUT2D eigenvalue weighted by molar-refractivity contribution is 6.31. The minimum atomic E-state index is -0.890. The number of rotatable bonds is 3. The number of carboxylic acid groups (broad SMARTS) is 1. The smallest absolute Gasteiger partial charge is 0.309 e. The highest BCUT2D eigenvalue weighted by Gasteiger charge is 2.38. The average molecular weight is 317 g/mol. The zero-order chi connectivity index (χ0) is 15.8. The molecule has 1 fully saturated rings. The first-order valence-corrected chi connectivity index (χ1v) is 6.74. The maximum Gasteiger partial charge on any atom is 0.309 e. The molecule has 0 unspecified atom stereocenters. The lowest BCUT2D eigenvalue weighted by atomic mass is 9.80. The van der Waals surface area contributed by atoms with Crippen LogP contribution in [0.5, 0.6) is 0 Å². The Balaban J connectivity index is 2.30. The fraction of sp³-hybridized carbons (Fsp3) is 0.462. The van der Waals surface area contributed by atoms with Crippen molar-refractivity contribution in [1.82, 2.24) is 0 Å². The number of carboxylic acids is 1. The molecule has 1 aliphatic heterocycles.